The molecule has 1 saturated heterocycles. The van der Waals surface area contributed by atoms with E-state index < -0.39 is 5.60 Å². The molecule has 6 heteroatoms. The van der Waals surface area contributed by atoms with Gasteiger partial charge < -0.3 is 15.0 Å². The van der Waals surface area contributed by atoms with Crippen molar-refractivity contribution in [3.63, 3.8) is 0 Å². The normalized spacial score (nSPS) is 25.3. The van der Waals surface area contributed by atoms with Gasteiger partial charge in [0.2, 0.25) is 0 Å². The maximum atomic E-state index is 10.1. The minimum atomic E-state index is -0.561. The van der Waals surface area contributed by atoms with Crippen LogP contribution in [0.25, 0.3) is 11.2 Å². The SMILES string of the molecule is CC1(O)CCCN(c2ncnc3nc[nH]c23)CC1. The number of rotatable bonds is 1. The zero-order valence-electron chi connectivity index (χ0n) is 10.4. The van der Waals surface area contributed by atoms with Crippen LogP contribution in [0.2, 0.25) is 0 Å². The Kier molecular flexibility index (Phi) is 2.66. The fourth-order valence-electron chi connectivity index (χ4n) is 2.47. The van der Waals surface area contributed by atoms with Crippen LogP contribution in [-0.4, -0.2) is 43.7 Å². The second kappa shape index (κ2) is 4.20. The molecule has 2 aromatic heterocycles. The fourth-order valence-corrected chi connectivity index (χ4v) is 2.47. The number of H-pyrrole nitrogens is 1. The molecule has 0 saturated carbocycles. The molecule has 1 fully saturated rings. The highest BCUT2D eigenvalue weighted by Crippen LogP contribution is 2.26. The standard InChI is InChI=1S/C12H17N5O/c1-12(18)3-2-5-17(6-4-12)11-9-10(14-7-13-9)15-8-16-11/h7-8,18H,2-6H2,1H3,(H,13,14,15,16). The molecule has 18 heavy (non-hydrogen) atoms. The Morgan fingerprint density at radius 3 is 3.06 bits per heavy atom. The highest BCUT2D eigenvalue weighted by atomic mass is 16.3. The molecular weight excluding hydrogens is 230 g/mol. The predicted molar refractivity (Wildman–Crippen MR) is 68.4 cm³/mol. The molecule has 6 nitrogen and oxygen atoms in total. The van der Waals surface area contributed by atoms with Crippen molar-refractivity contribution in [1.82, 2.24) is 19.9 Å². The molecule has 1 unspecified atom stereocenters. The van der Waals surface area contributed by atoms with E-state index in [1.807, 2.05) is 6.92 Å². The van der Waals surface area contributed by atoms with E-state index in [0.29, 0.717) is 5.65 Å². The summed E-state index contributed by atoms with van der Waals surface area (Å²) in [5, 5.41) is 10.1. The Bertz CT molecular complexity index is 550. The van der Waals surface area contributed by atoms with Crippen LogP contribution in [0.5, 0.6) is 0 Å². The summed E-state index contributed by atoms with van der Waals surface area (Å²) in [7, 11) is 0. The van der Waals surface area contributed by atoms with E-state index in [1.54, 1.807) is 12.7 Å². The summed E-state index contributed by atoms with van der Waals surface area (Å²) in [6.07, 6.45) is 5.73. The topological polar surface area (TPSA) is 77.9 Å². The van der Waals surface area contributed by atoms with Crippen molar-refractivity contribution in [2.75, 3.05) is 18.0 Å². The lowest BCUT2D eigenvalue weighted by Crippen LogP contribution is -2.29. The van der Waals surface area contributed by atoms with Crippen LogP contribution >= 0.6 is 0 Å². The van der Waals surface area contributed by atoms with Gasteiger partial charge >= 0.3 is 0 Å². The molecule has 0 aliphatic carbocycles. The van der Waals surface area contributed by atoms with Crippen LogP contribution in [0.4, 0.5) is 5.82 Å². The lowest BCUT2D eigenvalue weighted by Gasteiger charge is -2.23. The highest BCUT2D eigenvalue weighted by Gasteiger charge is 2.26. The van der Waals surface area contributed by atoms with E-state index in [0.717, 1.165) is 43.7 Å². The molecule has 2 N–H and O–H groups in total. The number of anilines is 1. The van der Waals surface area contributed by atoms with E-state index in [2.05, 4.69) is 24.8 Å². The second-order valence-electron chi connectivity index (χ2n) is 5.14. The van der Waals surface area contributed by atoms with Crippen LogP contribution in [0.3, 0.4) is 0 Å². The third kappa shape index (κ3) is 2.03. The summed E-state index contributed by atoms with van der Waals surface area (Å²) in [4.78, 5) is 17.9. The first kappa shape index (κ1) is 11.4. The summed E-state index contributed by atoms with van der Waals surface area (Å²) in [5.41, 5.74) is 1.00. The Balaban J connectivity index is 1.92. The maximum Gasteiger partial charge on any atom is 0.182 e. The van der Waals surface area contributed by atoms with Gasteiger partial charge in [-0.05, 0) is 26.2 Å². The molecule has 0 amide bonds. The largest absolute Gasteiger partial charge is 0.390 e. The fraction of sp³-hybridized carbons (Fsp3) is 0.583. The zero-order valence-corrected chi connectivity index (χ0v) is 10.4. The van der Waals surface area contributed by atoms with Crippen LogP contribution in [0, 0.1) is 0 Å². The molecule has 96 valence electrons. The van der Waals surface area contributed by atoms with Crippen molar-refractivity contribution in [1.29, 1.82) is 0 Å². The third-order valence-electron chi connectivity index (χ3n) is 3.57. The highest BCUT2D eigenvalue weighted by molar-refractivity contribution is 5.82. The maximum absolute atomic E-state index is 10.1. The van der Waals surface area contributed by atoms with Gasteiger partial charge in [-0.2, -0.15) is 0 Å². The Morgan fingerprint density at radius 2 is 2.17 bits per heavy atom. The Morgan fingerprint density at radius 1 is 1.28 bits per heavy atom. The Hall–Kier alpha value is -1.69. The van der Waals surface area contributed by atoms with E-state index in [1.165, 1.54) is 0 Å². The number of aromatic nitrogens is 4. The summed E-state index contributed by atoms with van der Waals surface area (Å²) in [6, 6.07) is 0. The van der Waals surface area contributed by atoms with Crippen LogP contribution in [-0.2, 0) is 0 Å². The first-order chi connectivity index (χ1) is 8.66. The van der Waals surface area contributed by atoms with Crippen molar-refractivity contribution in [3.05, 3.63) is 12.7 Å². The van der Waals surface area contributed by atoms with Gasteiger partial charge in [-0.3, -0.25) is 0 Å². The predicted octanol–water partition coefficient (Wildman–Crippen LogP) is 1.09. The lowest BCUT2D eigenvalue weighted by molar-refractivity contribution is 0.0481. The van der Waals surface area contributed by atoms with Crippen molar-refractivity contribution in [2.45, 2.75) is 31.8 Å². The van der Waals surface area contributed by atoms with E-state index >= 15 is 0 Å². The number of nitrogens with one attached hydrogen (secondary N) is 1. The summed E-state index contributed by atoms with van der Waals surface area (Å²) < 4.78 is 0. The molecule has 0 aromatic carbocycles. The van der Waals surface area contributed by atoms with Crippen molar-refractivity contribution in [3.8, 4) is 0 Å². The zero-order chi connectivity index (χ0) is 12.6. The number of aromatic amines is 1. The first-order valence-electron chi connectivity index (χ1n) is 6.27. The van der Waals surface area contributed by atoms with Crippen molar-refractivity contribution in [2.24, 2.45) is 0 Å². The van der Waals surface area contributed by atoms with Gasteiger partial charge in [-0.25, -0.2) is 15.0 Å². The average Bonchev–Trinajstić information content (AvgIpc) is 2.74. The lowest BCUT2D eigenvalue weighted by atomic mass is 9.98. The van der Waals surface area contributed by atoms with Crippen LogP contribution in [0.1, 0.15) is 26.2 Å². The van der Waals surface area contributed by atoms with Crippen LogP contribution in [0.15, 0.2) is 12.7 Å². The molecule has 0 radical (unpaired) electrons. The van der Waals surface area contributed by atoms with Gasteiger partial charge in [0.05, 0.1) is 11.9 Å². The van der Waals surface area contributed by atoms with Gasteiger partial charge in [0, 0.05) is 13.1 Å². The molecule has 0 bridgehead atoms. The van der Waals surface area contributed by atoms with E-state index in [-0.39, 0.29) is 0 Å². The van der Waals surface area contributed by atoms with Crippen molar-refractivity contribution < 1.29 is 5.11 Å². The second-order valence-corrected chi connectivity index (χ2v) is 5.14. The number of hydrogen-bond donors (Lipinski definition) is 2. The van der Waals surface area contributed by atoms with Gasteiger partial charge in [-0.15, -0.1) is 0 Å². The third-order valence-corrected chi connectivity index (χ3v) is 3.57. The minimum Gasteiger partial charge on any atom is -0.390 e. The first-order valence-corrected chi connectivity index (χ1v) is 6.27. The molecule has 2 aromatic rings. The van der Waals surface area contributed by atoms with Gasteiger partial charge in [0.1, 0.15) is 11.8 Å². The molecule has 1 aliphatic heterocycles. The van der Waals surface area contributed by atoms with E-state index in [4.69, 9.17) is 0 Å². The quantitative estimate of drug-likeness (QED) is 0.789. The number of hydrogen-bond acceptors (Lipinski definition) is 5. The molecular formula is C12H17N5O. The molecule has 1 atom stereocenters. The number of nitrogens with zero attached hydrogens (tertiary/aromatic N) is 4. The summed E-state index contributed by atoms with van der Waals surface area (Å²) >= 11 is 0. The Labute approximate surface area is 105 Å². The number of aliphatic hydroxyl groups is 1. The summed E-state index contributed by atoms with van der Waals surface area (Å²) in [6.45, 7) is 3.61. The van der Waals surface area contributed by atoms with Gasteiger partial charge in [-0.1, -0.05) is 0 Å². The van der Waals surface area contributed by atoms with Crippen molar-refractivity contribution >= 4 is 17.0 Å². The molecule has 1 aliphatic rings. The minimum absolute atomic E-state index is 0.561. The van der Waals surface area contributed by atoms with Gasteiger partial charge in [0.15, 0.2) is 11.5 Å². The van der Waals surface area contributed by atoms with Gasteiger partial charge in [0.25, 0.3) is 0 Å². The molecule has 3 rings (SSSR count). The number of fused-ring (bicyclic) bond motifs is 1. The van der Waals surface area contributed by atoms with E-state index in [9.17, 15) is 5.11 Å². The smallest absolute Gasteiger partial charge is 0.182 e. The monoisotopic (exact) mass is 247 g/mol. The summed E-state index contributed by atoms with van der Waals surface area (Å²) in [5.74, 6) is 0.884. The number of imidazole rings is 1. The average molecular weight is 247 g/mol. The molecule has 0 spiro atoms. The molecule has 3 heterocycles. The van der Waals surface area contributed by atoms with Crippen LogP contribution < -0.4 is 4.90 Å².